The molecule has 25 heavy (non-hydrogen) atoms. The predicted molar refractivity (Wildman–Crippen MR) is 97.6 cm³/mol. The number of hydrogen-bond acceptors (Lipinski definition) is 5. The van der Waals surface area contributed by atoms with Crippen LogP contribution in [0.3, 0.4) is 0 Å². The number of rotatable bonds is 6. The SMILES string of the molecule is C=CCN(CC=C)C(=O)c1ccc2nc(N3C(=O)CCC3=O)sc2c1. The van der Waals surface area contributed by atoms with E-state index in [0.29, 0.717) is 29.3 Å². The van der Waals surface area contributed by atoms with Gasteiger partial charge in [-0.15, -0.1) is 13.2 Å². The molecule has 0 unspecified atom stereocenters. The number of hydrogen-bond donors (Lipinski definition) is 0. The second-order valence-corrected chi connectivity index (χ2v) is 6.60. The first-order valence-corrected chi connectivity index (χ1v) is 8.64. The van der Waals surface area contributed by atoms with E-state index in [1.807, 2.05) is 0 Å². The lowest BCUT2D eigenvalue weighted by Gasteiger charge is -2.19. The molecule has 2 aromatic rings. The van der Waals surface area contributed by atoms with E-state index in [1.165, 1.54) is 11.3 Å². The lowest BCUT2D eigenvalue weighted by molar-refractivity contribution is -0.121. The lowest BCUT2D eigenvalue weighted by Crippen LogP contribution is -2.31. The fourth-order valence-electron chi connectivity index (χ4n) is 2.67. The summed E-state index contributed by atoms with van der Waals surface area (Å²) in [6.45, 7) is 8.18. The molecule has 2 heterocycles. The number of anilines is 1. The maximum Gasteiger partial charge on any atom is 0.254 e. The summed E-state index contributed by atoms with van der Waals surface area (Å²) in [5.74, 6) is -0.600. The number of carbonyl (C=O) groups is 3. The highest BCUT2D eigenvalue weighted by Crippen LogP contribution is 2.32. The number of thiazole rings is 1. The van der Waals surface area contributed by atoms with E-state index in [0.717, 1.165) is 9.60 Å². The topological polar surface area (TPSA) is 70.6 Å². The van der Waals surface area contributed by atoms with Crippen molar-refractivity contribution in [3.8, 4) is 0 Å². The van der Waals surface area contributed by atoms with Crippen LogP contribution in [0.4, 0.5) is 5.13 Å². The van der Waals surface area contributed by atoms with Crippen LogP contribution in [0.2, 0.25) is 0 Å². The van der Waals surface area contributed by atoms with Crippen molar-refractivity contribution >= 4 is 44.4 Å². The Kier molecular flexibility index (Phi) is 4.76. The van der Waals surface area contributed by atoms with Gasteiger partial charge in [-0.05, 0) is 18.2 Å². The molecule has 0 N–H and O–H groups in total. The van der Waals surface area contributed by atoms with Crippen LogP contribution in [-0.4, -0.2) is 40.7 Å². The highest BCUT2D eigenvalue weighted by atomic mass is 32.1. The molecule has 0 saturated carbocycles. The minimum absolute atomic E-state index is 0.134. The molecule has 6 nitrogen and oxygen atoms in total. The number of imide groups is 1. The second-order valence-electron chi connectivity index (χ2n) is 5.59. The molecule has 1 aromatic carbocycles. The standard InChI is InChI=1S/C18H17N3O3S/c1-3-9-20(10-4-2)17(24)12-5-6-13-14(11-12)25-18(19-13)21-15(22)7-8-16(21)23/h3-6,11H,1-2,7-10H2. The van der Waals surface area contributed by atoms with E-state index >= 15 is 0 Å². The lowest BCUT2D eigenvalue weighted by atomic mass is 10.2. The van der Waals surface area contributed by atoms with Gasteiger partial charge < -0.3 is 4.90 Å². The van der Waals surface area contributed by atoms with Crippen molar-refractivity contribution in [2.75, 3.05) is 18.0 Å². The van der Waals surface area contributed by atoms with E-state index < -0.39 is 0 Å². The van der Waals surface area contributed by atoms with Crippen LogP contribution in [-0.2, 0) is 9.59 Å². The molecular formula is C18H17N3O3S. The Morgan fingerprint density at radius 1 is 1.20 bits per heavy atom. The third-order valence-corrected chi connectivity index (χ3v) is 4.86. The third kappa shape index (κ3) is 3.23. The highest BCUT2D eigenvalue weighted by Gasteiger charge is 2.32. The van der Waals surface area contributed by atoms with E-state index in [2.05, 4.69) is 18.1 Å². The Bertz CT molecular complexity index is 861. The molecule has 0 bridgehead atoms. The molecule has 0 atom stereocenters. The first-order valence-electron chi connectivity index (χ1n) is 7.82. The Hall–Kier alpha value is -2.80. The summed E-state index contributed by atoms with van der Waals surface area (Å²) in [4.78, 5) is 43.5. The van der Waals surface area contributed by atoms with Crippen molar-refractivity contribution in [1.82, 2.24) is 9.88 Å². The van der Waals surface area contributed by atoms with Gasteiger partial charge in [0, 0.05) is 31.5 Å². The molecule has 0 radical (unpaired) electrons. The average molecular weight is 355 g/mol. The van der Waals surface area contributed by atoms with Crippen LogP contribution in [0, 0.1) is 0 Å². The van der Waals surface area contributed by atoms with Gasteiger partial charge in [-0.25, -0.2) is 9.88 Å². The van der Waals surface area contributed by atoms with Crippen LogP contribution < -0.4 is 4.90 Å². The summed E-state index contributed by atoms with van der Waals surface area (Å²) in [5.41, 5.74) is 1.17. The molecule has 1 aromatic heterocycles. The summed E-state index contributed by atoms with van der Waals surface area (Å²) < 4.78 is 0.755. The highest BCUT2D eigenvalue weighted by molar-refractivity contribution is 7.22. The molecule has 3 amide bonds. The van der Waals surface area contributed by atoms with E-state index in [9.17, 15) is 14.4 Å². The van der Waals surface area contributed by atoms with Crippen LogP contribution in [0.1, 0.15) is 23.2 Å². The first-order chi connectivity index (χ1) is 12.0. The minimum Gasteiger partial charge on any atom is -0.331 e. The summed E-state index contributed by atoms with van der Waals surface area (Å²) in [6.07, 6.45) is 3.76. The molecule has 0 aliphatic carbocycles. The zero-order valence-electron chi connectivity index (χ0n) is 13.6. The average Bonchev–Trinajstić information content (AvgIpc) is 3.15. The van der Waals surface area contributed by atoms with Crippen LogP contribution >= 0.6 is 11.3 Å². The third-order valence-electron chi connectivity index (χ3n) is 3.85. The van der Waals surface area contributed by atoms with Crippen molar-refractivity contribution in [3.63, 3.8) is 0 Å². The molecule has 1 aliphatic rings. The summed E-state index contributed by atoms with van der Waals surface area (Å²) >= 11 is 1.23. The molecule has 7 heteroatoms. The van der Waals surface area contributed by atoms with Gasteiger partial charge in [0.05, 0.1) is 10.2 Å². The maximum absolute atomic E-state index is 12.6. The van der Waals surface area contributed by atoms with Gasteiger partial charge in [0.25, 0.3) is 5.91 Å². The number of aromatic nitrogens is 1. The Morgan fingerprint density at radius 3 is 2.44 bits per heavy atom. The number of benzene rings is 1. The normalized spacial score (nSPS) is 14.2. The van der Waals surface area contributed by atoms with Crippen molar-refractivity contribution in [2.45, 2.75) is 12.8 Å². The number of nitrogens with zero attached hydrogens (tertiary/aromatic N) is 3. The number of amides is 3. The monoisotopic (exact) mass is 355 g/mol. The Morgan fingerprint density at radius 2 is 1.84 bits per heavy atom. The van der Waals surface area contributed by atoms with Crippen molar-refractivity contribution in [2.24, 2.45) is 0 Å². The Labute approximate surface area is 149 Å². The molecular weight excluding hydrogens is 338 g/mol. The van der Waals surface area contributed by atoms with Gasteiger partial charge in [0.1, 0.15) is 0 Å². The zero-order valence-corrected chi connectivity index (χ0v) is 14.4. The molecule has 0 spiro atoms. The first kappa shape index (κ1) is 17.0. The second kappa shape index (κ2) is 6.98. The minimum atomic E-state index is -0.233. The fraction of sp³-hybridized carbons (Fsp3) is 0.222. The van der Waals surface area contributed by atoms with Crippen molar-refractivity contribution < 1.29 is 14.4 Å². The van der Waals surface area contributed by atoms with E-state index in [-0.39, 0.29) is 30.6 Å². The van der Waals surface area contributed by atoms with Crippen LogP contribution in [0.15, 0.2) is 43.5 Å². The summed E-state index contributed by atoms with van der Waals surface area (Å²) in [7, 11) is 0. The Balaban J connectivity index is 1.93. The molecule has 3 rings (SSSR count). The van der Waals surface area contributed by atoms with Crippen molar-refractivity contribution in [1.29, 1.82) is 0 Å². The van der Waals surface area contributed by atoms with Crippen LogP contribution in [0.25, 0.3) is 10.2 Å². The molecule has 128 valence electrons. The van der Waals surface area contributed by atoms with Gasteiger partial charge in [0.15, 0.2) is 5.13 Å². The quantitative estimate of drug-likeness (QED) is 0.590. The zero-order chi connectivity index (χ0) is 18.0. The van der Waals surface area contributed by atoms with E-state index in [1.54, 1.807) is 35.3 Å². The molecule has 1 fully saturated rings. The summed E-state index contributed by atoms with van der Waals surface area (Å²) in [6, 6.07) is 5.16. The summed E-state index contributed by atoms with van der Waals surface area (Å²) in [5, 5.41) is 0.362. The van der Waals surface area contributed by atoms with Gasteiger partial charge >= 0.3 is 0 Å². The smallest absolute Gasteiger partial charge is 0.254 e. The van der Waals surface area contributed by atoms with Gasteiger partial charge in [-0.2, -0.15) is 0 Å². The van der Waals surface area contributed by atoms with Gasteiger partial charge in [-0.3, -0.25) is 14.4 Å². The maximum atomic E-state index is 12.6. The largest absolute Gasteiger partial charge is 0.331 e. The van der Waals surface area contributed by atoms with Crippen LogP contribution in [0.5, 0.6) is 0 Å². The number of fused-ring (bicyclic) bond motifs is 1. The van der Waals surface area contributed by atoms with E-state index in [4.69, 9.17) is 0 Å². The van der Waals surface area contributed by atoms with Crippen molar-refractivity contribution in [3.05, 3.63) is 49.1 Å². The van der Waals surface area contributed by atoms with Gasteiger partial charge in [0.2, 0.25) is 11.8 Å². The molecule has 1 saturated heterocycles. The molecule has 1 aliphatic heterocycles. The predicted octanol–water partition coefficient (Wildman–Crippen LogP) is 2.76. The number of carbonyl (C=O) groups excluding carboxylic acids is 3. The van der Waals surface area contributed by atoms with Gasteiger partial charge in [-0.1, -0.05) is 23.5 Å². The fourth-order valence-corrected chi connectivity index (χ4v) is 3.71.